The molecule has 0 aliphatic heterocycles. The SMILES string of the molecule is CCCCOc1cccc([SiH2]c2cccc(OCCCC)c2OCCCC)c1OCCCC. The molecule has 0 radical (unpaired) electrons. The summed E-state index contributed by atoms with van der Waals surface area (Å²) in [7, 11) is -0.870. The maximum Gasteiger partial charge on any atom is 0.161 e. The molecule has 0 unspecified atom stereocenters. The fraction of sp³-hybridized carbons (Fsp3) is 0.571. The van der Waals surface area contributed by atoms with Crippen LogP contribution < -0.4 is 29.3 Å². The van der Waals surface area contributed by atoms with Gasteiger partial charge in [0.1, 0.15) is 0 Å². The summed E-state index contributed by atoms with van der Waals surface area (Å²) in [6.45, 7) is 11.6. The van der Waals surface area contributed by atoms with Crippen molar-refractivity contribution in [3.05, 3.63) is 36.4 Å². The van der Waals surface area contributed by atoms with Crippen molar-refractivity contribution in [3.8, 4) is 23.0 Å². The highest BCUT2D eigenvalue weighted by atomic mass is 28.2. The third-order valence-electron chi connectivity index (χ3n) is 5.50. The van der Waals surface area contributed by atoms with Gasteiger partial charge in [-0.1, -0.05) is 77.6 Å². The Morgan fingerprint density at radius 3 is 1.24 bits per heavy atom. The Kier molecular flexibility index (Phi) is 13.5. The molecule has 2 aromatic carbocycles. The number of para-hydroxylation sites is 2. The Bertz CT molecular complexity index is 728. The van der Waals surface area contributed by atoms with E-state index < -0.39 is 9.52 Å². The van der Waals surface area contributed by atoms with E-state index in [1.165, 1.54) is 10.4 Å². The number of rotatable bonds is 18. The topological polar surface area (TPSA) is 36.9 Å². The van der Waals surface area contributed by atoms with Crippen molar-refractivity contribution >= 4 is 19.9 Å². The van der Waals surface area contributed by atoms with Crippen molar-refractivity contribution in [2.45, 2.75) is 79.1 Å². The average Bonchev–Trinajstić information content (AvgIpc) is 2.82. The van der Waals surface area contributed by atoms with Crippen molar-refractivity contribution in [2.75, 3.05) is 26.4 Å². The van der Waals surface area contributed by atoms with Gasteiger partial charge in [-0.3, -0.25) is 0 Å². The molecule has 0 aliphatic rings. The molecule has 4 nitrogen and oxygen atoms in total. The van der Waals surface area contributed by atoms with E-state index in [0.29, 0.717) is 13.2 Å². The van der Waals surface area contributed by atoms with Crippen molar-refractivity contribution < 1.29 is 18.9 Å². The van der Waals surface area contributed by atoms with E-state index in [2.05, 4.69) is 52.0 Å². The number of unbranched alkanes of at least 4 members (excludes halogenated alkanes) is 4. The molecule has 184 valence electrons. The molecular weight excluding hydrogens is 428 g/mol. The molecule has 0 saturated heterocycles. The van der Waals surface area contributed by atoms with Gasteiger partial charge in [0.2, 0.25) is 0 Å². The first-order valence-corrected chi connectivity index (χ1v) is 14.4. The molecule has 2 rings (SSSR count). The van der Waals surface area contributed by atoms with Crippen LogP contribution in [0.3, 0.4) is 0 Å². The number of hydrogen-bond acceptors (Lipinski definition) is 4. The minimum absolute atomic E-state index is 0.714. The lowest BCUT2D eigenvalue weighted by Crippen LogP contribution is -2.31. The predicted molar refractivity (Wildman–Crippen MR) is 142 cm³/mol. The van der Waals surface area contributed by atoms with E-state index in [1.807, 2.05) is 12.1 Å². The summed E-state index contributed by atoms with van der Waals surface area (Å²) in [5.41, 5.74) is 0. The Morgan fingerprint density at radius 2 is 0.879 bits per heavy atom. The van der Waals surface area contributed by atoms with Gasteiger partial charge in [0.15, 0.2) is 23.0 Å². The lowest BCUT2D eigenvalue weighted by molar-refractivity contribution is 0.263. The molecule has 0 atom stereocenters. The second kappa shape index (κ2) is 16.5. The molecule has 0 fully saturated rings. The molecule has 0 bridgehead atoms. The maximum absolute atomic E-state index is 6.30. The van der Waals surface area contributed by atoms with Crippen LogP contribution in [0.1, 0.15) is 79.1 Å². The normalized spacial score (nSPS) is 10.8. The van der Waals surface area contributed by atoms with Gasteiger partial charge in [-0.25, -0.2) is 0 Å². The van der Waals surface area contributed by atoms with Crippen LogP contribution >= 0.6 is 0 Å². The Balaban J connectivity index is 2.33. The Hall–Kier alpha value is -2.14. The molecule has 33 heavy (non-hydrogen) atoms. The molecule has 0 N–H and O–H groups in total. The number of ether oxygens (including phenoxy) is 4. The van der Waals surface area contributed by atoms with Gasteiger partial charge in [-0.15, -0.1) is 0 Å². The molecule has 0 heterocycles. The number of hydrogen-bond donors (Lipinski definition) is 0. The monoisotopic (exact) mass is 472 g/mol. The summed E-state index contributed by atoms with van der Waals surface area (Å²) in [6, 6.07) is 12.7. The minimum Gasteiger partial charge on any atom is -0.490 e. The van der Waals surface area contributed by atoms with Gasteiger partial charge in [0.25, 0.3) is 0 Å². The smallest absolute Gasteiger partial charge is 0.161 e. The summed E-state index contributed by atoms with van der Waals surface area (Å²) in [5, 5.41) is 2.51. The third kappa shape index (κ3) is 9.32. The van der Waals surface area contributed by atoms with Crippen LogP contribution in [0.5, 0.6) is 23.0 Å². The van der Waals surface area contributed by atoms with Crippen LogP contribution in [0, 0.1) is 0 Å². The fourth-order valence-corrected chi connectivity index (χ4v) is 5.24. The highest BCUT2D eigenvalue weighted by Gasteiger charge is 2.17. The molecule has 0 saturated carbocycles. The van der Waals surface area contributed by atoms with Gasteiger partial charge in [0, 0.05) is 0 Å². The van der Waals surface area contributed by atoms with Crippen molar-refractivity contribution in [3.63, 3.8) is 0 Å². The van der Waals surface area contributed by atoms with E-state index in [4.69, 9.17) is 18.9 Å². The van der Waals surface area contributed by atoms with Crippen LogP contribution in [0.15, 0.2) is 36.4 Å². The molecule has 0 spiro atoms. The van der Waals surface area contributed by atoms with Gasteiger partial charge >= 0.3 is 0 Å². The van der Waals surface area contributed by atoms with Crippen molar-refractivity contribution in [1.29, 1.82) is 0 Å². The summed E-state index contributed by atoms with van der Waals surface area (Å²) < 4.78 is 24.8. The lowest BCUT2D eigenvalue weighted by Gasteiger charge is -2.19. The first-order valence-electron chi connectivity index (χ1n) is 13.0. The highest BCUT2D eigenvalue weighted by molar-refractivity contribution is 6.69. The summed E-state index contributed by atoms with van der Waals surface area (Å²) >= 11 is 0. The second-order valence-corrected chi connectivity index (χ2v) is 10.4. The zero-order valence-electron chi connectivity index (χ0n) is 21.3. The maximum atomic E-state index is 6.30. The van der Waals surface area contributed by atoms with Gasteiger partial charge in [0.05, 0.1) is 35.9 Å². The van der Waals surface area contributed by atoms with Crippen LogP contribution in [0.4, 0.5) is 0 Å². The lowest BCUT2D eigenvalue weighted by atomic mass is 10.3. The minimum atomic E-state index is -0.870. The highest BCUT2D eigenvalue weighted by Crippen LogP contribution is 2.28. The summed E-state index contributed by atoms with van der Waals surface area (Å²) in [6.07, 6.45) is 8.61. The van der Waals surface area contributed by atoms with Crippen LogP contribution in [0.25, 0.3) is 0 Å². The van der Waals surface area contributed by atoms with E-state index in [0.717, 1.165) is 87.6 Å². The molecule has 0 aliphatic carbocycles. The van der Waals surface area contributed by atoms with Crippen LogP contribution in [0.2, 0.25) is 0 Å². The predicted octanol–water partition coefficient (Wildman–Crippen LogP) is 5.52. The number of benzene rings is 2. The van der Waals surface area contributed by atoms with Crippen molar-refractivity contribution in [2.24, 2.45) is 0 Å². The van der Waals surface area contributed by atoms with Crippen LogP contribution in [-0.2, 0) is 0 Å². The van der Waals surface area contributed by atoms with E-state index in [1.54, 1.807) is 0 Å². The van der Waals surface area contributed by atoms with Crippen molar-refractivity contribution in [1.82, 2.24) is 0 Å². The second-order valence-electron chi connectivity index (χ2n) is 8.47. The van der Waals surface area contributed by atoms with Crippen LogP contribution in [-0.4, -0.2) is 35.9 Å². The van der Waals surface area contributed by atoms with Gasteiger partial charge < -0.3 is 18.9 Å². The van der Waals surface area contributed by atoms with E-state index in [-0.39, 0.29) is 0 Å². The summed E-state index contributed by atoms with van der Waals surface area (Å²) in [4.78, 5) is 0. The first kappa shape index (κ1) is 27.1. The average molecular weight is 473 g/mol. The van der Waals surface area contributed by atoms with E-state index in [9.17, 15) is 0 Å². The Labute approximate surface area is 203 Å². The molecule has 0 aromatic heterocycles. The fourth-order valence-electron chi connectivity index (χ4n) is 3.45. The van der Waals surface area contributed by atoms with Gasteiger partial charge in [-0.2, -0.15) is 0 Å². The molecule has 2 aromatic rings. The zero-order chi connectivity index (χ0) is 23.7. The summed E-state index contributed by atoms with van der Waals surface area (Å²) in [5.74, 6) is 3.58. The Morgan fingerprint density at radius 1 is 0.515 bits per heavy atom. The molecule has 0 amide bonds. The molecule has 5 heteroatoms. The third-order valence-corrected chi connectivity index (χ3v) is 7.38. The van der Waals surface area contributed by atoms with E-state index >= 15 is 0 Å². The molecular formula is C28H44O4Si. The standard InChI is InChI=1S/C28H44O4Si/c1-5-9-19-29-23-15-13-17-25(27(23)31-21-11-7-3)33-26-18-14-16-24(30-20-10-6-2)28(26)32-22-12-8-4/h13-18H,5-12,19-22,33H2,1-4H3. The van der Waals surface area contributed by atoms with Gasteiger partial charge in [-0.05, 0) is 48.2 Å². The first-order chi connectivity index (χ1) is 16.2. The zero-order valence-corrected chi connectivity index (χ0v) is 22.7. The quantitative estimate of drug-likeness (QED) is 0.211. The largest absolute Gasteiger partial charge is 0.490 e.